The second-order valence-corrected chi connectivity index (χ2v) is 8.29. The SMILES string of the molecule is COc1ccc(S(=O)(=O)N[C@H]2CCOC2)cc1C(=O)Nc1cccc(C(F)(F)F)c1. The first-order valence-electron chi connectivity index (χ1n) is 8.87. The van der Waals surface area contributed by atoms with Gasteiger partial charge in [0.1, 0.15) is 5.75 Å². The van der Waals surface area contributed by atoms with Crippen molar-refractivity contribution in [3.63, 3.8) is 0 Å². The molecule has 1 fully saturated rings. The molecule has 1 amide bonds. The van der Waals surface area contributed by atoms with E-state index in [4.69, 9.17) is 9.47 Å². The molecule has 1 aliphatic heterocycles. The van der Waals surface area contributed by atoms with Crippen LogP contribution in [0.4, 0.5) is 18.9 Å². The second kappa shape index (κ2) is 8.62. The fourth-order valence-corrected chi connectivity index (χ4v) is 4.20. The van der Waals surface area contributed by atoms with Crippen molar-refractivity contribution in [1.82, 2.24) is 4.72 Å². The Labute approximate surface area is 171 Å². The zero-order chi connectivity index (χ0) is 21.9. The predicted molar refractivity (Wildman–Crippen MR) is 102 cm³/mol. The van der Waals surface area contributed by atoms with Crippen LogP contribution in [0, 0.1) is 0 Å². The molecule has 0 bridgehead atoms. The molecule has 30 heavy (non-hydrogen) atoms. The minimum Gasteiger partial charge on any atom is -0.496 e. The Kier molecular flexibility index (Phi) is 6.34. The molecule has 0 spiro atoms. The van der Waals surface area contributed by atoms with Crippen molar-refractivity contribution in [2.24, 2.45) is 0 Å². The number of ether oxygens (including phenoxy) is 2. The van der Waals surface area contributed by atoms with Gasteiger partial charge in [-0.05, 0) is 42.8 Å². The molecule has 0 aliphatic carbocycles. The zero-order valence-electron chi connectivity index (χ0n) is 15.8. The van der Waals surface area contributed by atoms with Crippen molar-refractivity contribution >= 4 is 21.6 Å². The molecule has 0 unspecified atom stereocenters. The first-order chi connectivity index (χ1) is 14.1. The first-order valence-corrected chi connectivity index (χ1v) is 10.4. The molecule has 2 aromatic rings. The van der Waals surface area contributed by atoms with Crippen LogP contribution >= 0.6 is 0 Å². The number of anilines is 1. The lowest BCUT2D eigenvalue weighted by Gasteiger charge is -2.15. The van der Waals surface area contributed by atoms with E-state index < -0.39 is 27.7 Å². The van der Waals surface area contributed by atoms with Crippen LogP contribution in [0.15, 0.2) is 47.4 Å². The molecule has 0 saturated carbocycles. The number of amides is 1. The van der Waals surface area contributed by atoms with Crippen LogP contribution in [0.3, 0.4) is 0 Å². The van der Waals surface area contributed by atoms with Gasteiger partial charge in [0.15, 0.2) is 0 Å². The quantitative estimate of drug-likeness (QED) is 0.715. The lowest BCUT2D eigenvalue weighted by molar-refractivity contribution is -0.137. The monoisotopic (exact) mass is 444 g/mol. The Morgan fingerprint density at radius 1 is 1.20 bits per heavy atom. The zero-order valence-corrected chi connectivity index (χ0v) is 16.6. The maximum Gasteiger partial charge on any atom is 0.416 e. The van der Waals surface area contributed by atoms with Gasteiger partial charge in [-0.3, -0.25) is 4.79 Å². The fourth-order valence-electron chi connectivity index (χ4n) is 2.92. The highest BCUT2D eigenvalue weighted by molar-refractivity contribution is 7.89. The summed E-state index contributed by atoms with van der Waals surface area (Å²) >= 11 is 0. The molecular weight excluding hydrogens is 425 g/mol. The third kappa shape index (κ3) is 5.10. The summed E-state index contributed by atoms with van der Waals surface area (Å²) in [5, 5.41) is 2.34. The van der Waals surface area contributed by atoms with Gasteiger partial charge in [-0.25, -0.2) is 13.1 Å². The van der Waals surface area contributed by atoms with Crippen molar-refractivity contribution in [3.8, 4) is 5.75 Å². The van der Waals surface area contributed by atoms with Gasteiger partial charge in [-0.2, -0.15) is 13.2 Å². The van der Waals surface area contributed by atoms with E-state index in [0.29, 0.717) is 13.0 Å². The van der Waals surface area contributed by atoms with Crippen LogP contribution in [0.25, 0.3) is 0 Å². The summed E-state index contributed by atoms with van der Waals surface area (Å²) < 4.78 is 76.6. The van der Waals surface area contributed by atoms with E-state index in [-0.39, 0.29) is 34.5 Å². The molecule has 2 N–H and O–H groups in total. The van der Waals surface area contributed by atoms with Crippen LogP contribution in [0.5, 0.6) is 5.75 Å². The number of methoxy groups -OCH3 is 1. The third-order valence-corrected chi connectivity index (χ3v) is 5.94. The third-order valence-electron chi connectivity index (χ3n) is 4.43. The molecule has 1 heterocycles. The van der Waals surface area contributed by atoms with Gasteiger partial charge in [0, 0.05) is 18.3 Å². The lowest BCUT2D eigenvalue weighted by atomic mass is 10.1. The molecule has 1 aliphatic rings. The molecule has 7 nitrogen and oxygen atoms in total. The summed E-state index contributed by atoms with van der Waals surface area (Å²) in [5.41, 5.74) is -1.15. The van der Waals surface area contributed by atoms with Gasteiger partial charge in [-0.15, -0.1) is 0 Å². The van der Waals surface area contributed by atoms with Crippen LogP contribution < -0.4 is 14.8 Å². The van der Waals surface area contributed by atoms with Crippen LogP contribution in [0.2, 0.25) is 0 Å². The van der Waals surface area contributed by atoms with E-state index >= 15 is 0 Å². The van der Waals surface area contributed by atoms with E-state index in [0.717, 1.165) is 24.3 Å². The van der Waals surface area contributed by atoms with Gasteiger partial charge >= 0.3 is 6.18 Å². The van der Waals surface area contributed by atoms with Crippen LogP contribution in [0.1, 0.15) is 22.3 Å². The average Bonchev–Trinajstić information content (AvgIpc) is 3.19. The smallest absolute Gasteiger partial charge is 0.416 e. The molecule has 0 aromatic heterocycles. The largest absolute Gasteiger partial charge is 0.496 e. The molecule has 3 rings (SSSR count). The highest BCUT2D eigenvalue weighted by Gasteiger charge is 2.31. The van der Waals surface area contributed by atoms with Gasteiger partial charge in [0.2, 0.25) is 10.0 Å². The Balaban J connectivity index is 1.87. The summed E-state index contributed by atoms with van der Waals surface area (Å²) in [6.07, 6.45) is -4.04. The number of rotatable bonds is 6. The number of hydrogen-bond acceptors (Lipinski definition) is 5. The van der Waals surface area contributed by atoms with Crippen molar-refractivity contribution in [2.45, 2.75) is 23.5 Å². The molecule has 11 heteroatoms. The van der Waals surface area contributed by atoms with E-state index in [1.165, 1.54) is 25.3 Å². The number of alkyl halides is 3. The first kappa shape index (κ1) is 22.1. The number of benzene rings is 2. The van der Waals surface area contributed by atoms with Crippen molar-refractivity contribution in [2.75, 3.05) is 25.6 Å². The van der Waals surface area contributed by atoms with Crippen molar-refractivity contribution in [1.29, 1.82) is 0 Å². The highest BCUT2D eigenvalue weighted by atomic mass is 32.2. The van der Waals surface area contributed by atoms with Crippen LogP contribution in [-0.2, 0) is 20.9 Å². The summed E-state index contributed by atoms with van der Waals surface area (Å²) in [6.45, 7) is 0.693. The van der Waals surface area contributed by atoms with Gasteiger partial charge in [0.05, 0.1) is 29.7 Å². The maximum atomic E-state index is 12.9. The number of sulfonamides is 1. The van der Waals surface area contributed by atoms with E-state index in [2.05, 4.69) is 10.0 Å². The number of carbonyl (C=O) groups is 1. The Morgan fingerprint density at radius 3 is 2.60 bits per heavy atom. The summed E-state index contributed by atoms with van der Waals surface area (Å²) in [7, 11) is -2.65. The molecular formula is C19H19F3N2O5S. The summed E-state index contributed by atoms with van der Waals surface area (Å²) in [4.78, 5) is 12.5. The molecule has 0 radical (unpaired) electrons. The topological polar surface area (TPSA) is 93.7 Å². The number of halogens is 3. The molecule has 2 aromatic carbocycles. The molecule has 162 valence electrons. The molecule has 1 atom stereocenters. The number of hydrogen-bond donors (Lipinski definition) is 2. The second-order valence-electron chi connectivity index (χ2n) is 6.58. The van der Waals surface area contributed by atoms with E-state index in [1.54, 1.807) is 0 Å². The predicted octanol–water partition coefficient (Wildman–Crippen LogP) is 3.03. The average molecular weight is 444 g/mol. The van der Waals surface area contributed by atoms with E-state index in [9.17, 15) is 26.4 Å². The Hall–Kier alpha value is -2.63. The molecule has 1 saturated heterocycles. The van der Waals surface area contributed by atoms with Crippen LogP contribution in [-0.4, -0.2) is 40.7 Å². The minimum atomic E-state index is -4.57. The highest BCUT2D eigenvalue weighted by Crippen LogP contribution is 2.31. The summed E-state index contributed by atoms with van der Waals surface area (Å²) in [6, 6.07) is 7.43. The van der Waals surface area contributed by atoms with Crippen molar-refractivity contribution in [3.05, 3.63) is 53.6 Å². The van der Waals surface area contributed by atoms with E-state index in [1.807, 2.05) is 0 Å². The number of carbonyl (C=O) groups excluding carboxylic acids is 1. The maximum absolute atomic E-state index is 12.9. The number of nitrogens with one attached hydrogen (secondary N) is 2. The lowest BCUT2D eigenvalue weighted by Crippen LogP contribution is -2.35. The normalized spacial score (nSPS) is 17.0. The van der Waals surface area contributed by atoms with Gasteiger partial charge in [0.25, 0.3) is 5.91 Å². The fraction of sp³-hybridized carbons (Fsp3) is 0.316. The Morgan fingerprint density at radius 2 is 1.97 bits per heavy atom. The van der Waals surface area contributed by atoms with Gasteiger partial charge in [-0.1, -0.05) is 6.07 Å². The van der Waals surface area contributed by atoms with Crippen molar-refractivity contribution < 1.29 is 35.9 Å². The Bertz CT molecular complexity index is 1030. The standard InChI is InChI=1S/C19H19F3N2O5S/c1-28-17-6-5-15(30(26,27)24-14-7-8-29-11-14)10-16(17)18(25)23-13-4-2-3-12(9-13)19(20,21)22/h2-6,9-10,14,24H,7-8,11H2,1H3,(H,23,25)/t14-/m0/s1. The summed E-state index contributed by atoms with van der Waals surface area (Å²) in [5.74, 6) is -0.741. The van der Waals surface area contributed by atoms with Gasteiger partial charge < -0.3 is 14.8 Å². The minimum absolute atomic E-state index is 0.0719.